The van der Waals surface area contributed by atoms with Crippen LogP contribution in [0.3, 0.4) is 0 Å². The Morgan fingerprint density at radius 1 is 1.29 bits per heavy atom. The SMILES string of the molecule is COc1cccc2c(N)nc(NCC3CCC(C(N)=O)CC3)nc12. The summed E-state index contributed by atoms with van der Waals surface area (Å²) < 4.78 is 5.35. The van der Waals surface area contributed by atoms with Crippen LogP contribution in [-0.2, 0) is 4.79 Å². The van der Waals surface area contributed by atoms with Crippen molar-refractivity contribution < 1.29 is 9.53 Å². The lowest BCUT2D eigenvalue weighted by Crippen LogP contribution is -2.29. The summed E-state index contributed by atoms with van der Waals surface area (Å²) in [6.45, 7) is 0.756. The molecule has 7 nitrogen and oxygen atoms in total. The second-order valence-electron chi connectivity index (χ2n) is 6.29. The predicted molar refractivity (Wildman–Crippen MR) is 93.6 cm³/mol. The molecule has 1 aromatic carbocycles. The molecule has 0 saturated heterocycles. The number of primary amides is 1. The maximum absolute atomic E-state index is 11.2. The average molecular weight is 329 g/mol. The summed E-state index contributed by atoms with van der Waals surface area (Å²) in [5, 5.41) is 4.05. The average Bonchev–Trinajstić information content (AvgIpc) is 2.60. The number of carbonyl (C=O) groups excluding carboxylic acids is 1. The van der Waals surface area contributed by atoms with Gasteiger partial charge in [-0.25, -0.2) is 4.98 Å². The molecule has 1 heterocycles. The molecule has 5 N–H and O–H groups in total. The topological polar surface area (TPSA) is 116 Å². The van der Waals surface area contributed by atoms with Crippen LogP contribution in [-0.4, -0.2) is 29.5 Å². The zero-order valence-electron chi connectivity index (χ0n) is 13.8. The van der Waals surface area contributed by atoms with E-state index in [0.717, 1.165) is 37.6 Å². The minimum absolute atomic E-state index is 0.0260. The Labute approximate surface area is 140 Å². The predicted octanol–water partition coefficient (Wildman–Crippen LogP) is 1.92. The number of nitrogens with zero attached hydrogens (tertiary/aromatic N) is 2. The van der Waals surface area contributed by atoms with E-state index < -0.39 is 0 Å². The summed E-state index contributed by atoms with van der Waals surface area (Å²) in [5.41, 5.74) is 12.1. The van der Waals surface area contributed by atoms with Gasteiger partial charge in [0.15, 0.2) is 0 Å². The normalized spacial score (nSPS) is 20.7. The molecule has 24 heavy (non-hydrogen) atoms. The van der Waals surface area contributed by atoms with Gasteiger partial charge in [0.2, 0.25) is 11.9 Å². The number of benzene rings is 1. The summed E-state index contributed by atoms with van der Waals surface area (Å²) in [6, 6.07) is 5.59. The van der Waals surface area contributed by atoms with Crippen molar-refractivity contribution >= 4 is 28.6 Å². The van der Waals surface area contributed by atoms with Crippen LogP contribution >= 0.6 is 0 Å². The van der Waals surface area contributed by atoms with Crippen molar-refractivity contribution in [2.75, 3.05) is 24.7 Å². The third kappa shape index (κ3) is 3.34. The molecule has 0 bridgehead atoms. The Morgan fingerprint density at radius 3 is 2.71 bits per heavy atom. The number of nitrogens with two attached hydrogens (primary N) is 2. The van der Waals surface area contributed by atoms with Crippen molar-refractivity contribution in [3.8, 4) is 5.75 Å². The third-order valence-corrected chi connectivity index (χ3v) is 4.74. The zero-order chi connectivity index (χ0) is 17.1. The van der Waals surface area contributed by atoms with E-state index in [2.05, 4.69) is 15.3 Å². The van der Waals surface area contributed by atoms with E-state index >= 15 is 0 Å². The third-order valence-electron chi connectivity index (χ3n) is 4.74. The summed E-state index contributed by atoms with van der Waals surface area (Å²) >= 11 is 0. The van der Waals surface area contributed by atoms with Crippen LogP contribution in [0.4, 0.5) is 11.8 Å². The molecular weight excluding hydrogens is 306 g/mol. The number of nitrogens with one attached hydrogen (secondary N) is 1. The Kier molecular flexibility index (Phi) is 4.69. The van der Waals surface area contributed by atoms with Gasteiger partial charge in [0.1, 0.15) is 17.1 Å². The van der Waals surface area contributed by atoms with E-state index in [-0.39, 0.29) is 11.8 Å². The van der Waals surface area contributed by atoms with Gasteiger partial charge < -0.3 is 21.5 Å². The zero-order valence-corrected chi connectivity index (χ0v) is 13.8. The van der Waals surface area contributed by atoms with E-state index in [1.54, 1.807) is 7.11 Å². The van der Waals surface area contributed by atoms with Gasteiger partial charge in [-0.1, -0.05) is 6.07 Å². The van der Waals surface area contributed by atoms with E-state index in [1.807, 2.05) is 18.2 Å². The second kappa shape index (κ2) is 6.90. The molecule has 7 heteroatoms. The van der Waals surface area contributed by atoms with Gasteiger partial charge in [-0.15, -0.1) is 0 Å². The Morgan fingerprint density at radius 2 is 2.04 bits per heavy atom. The molecule has 0 unspecified atom stereocenters. The quantitative estimate of drug-likeness (QED) is 0.772. The van der Waals surface area contributed by atoms with Crippen LogP contribution in [0.1, 0.15) is 25.7 Å². The lowest BCUT2D eigenvalue weighted by molar-refractivity contribution is -0.122. The first-order valence-corrected chi connectivity index (χ1v) is 8.22. The summed E-state index contributed by atoms with van der Waals surface area (Å²) in [6.07, 6.45) is 3.67. The first kappa shape index (κ1) is 16.3. The molecule has 1 aliphatic carbocycles. The standard InChI is InChI=1S/C17H23N5O2/c1-24-13-4-2-3-12-14(13)21-17(22-15(12)18)20-9-10-5-7-11(8-6-10)16(19)23/h2-4,10-11H,5-9H2,1H3,(H2,19,23)(H3,18,20,21,22). The van der Waals surface area contributed by atoms with Crippen molar-refractivity contribution in [1.29, 1.82) is 0 Å². The van der Waals surface area contributed by atoms with Gasteiger partial charge in [-0.3, -0.25) is 4.79 Å². The van der Waals surface area contributed by atoms with Crippen LogP contribution in [0.15, 0.2) is 18.2 Å². The van der Waals surface area contributed by atoms with Crippen molar-refractivity contribution in [2.24, 2.45) is 17.6 Å². The summed E-state index contributed by atoms with van der Waals surface area (Å²) in [4.78, 5) is 20.1. The Balaban J connectivity index is 1.69. The van der Waals surface area contributed by atoms with Crippen molar-refractivity contribution in [1.82, 2.24) is 9.97 Å². The second-order valence-corrected chi connectivity index (χ2v) is 6.29. The molecule has 128 valence electrons. The molecule has 1 fully saturated rings. The van der Waals surface area contributed by atoms with Crippen molar-refractivity contribution in [3.63, 3.8) is 0 Å². The largest absolute Gasteiger partial charge is 0.494 e. The van der Waals surface area contributed by atoms with E-state index in [1.165, 1.54) is 0 Å². The minimum atomic E-state index is -0.181. The van der Waals surface area contributed by atoms with Crippen LogP contribution in [0.2, 0.25) is 0 Å². The molecule has 2 aromatic rings. The van der Waals surface area contributed by atoms with Crippen LogP contribution in [0.5, 0.6) is 5.75 Å². The highest BCUT2D eigenvalue weighted by Crippen LogP contribution is 2.30. The molecule has 1 aliphatic rings. The lowest BCUT2D eigenvalue weighted by Gasteiger charge is -2.26. The highest BCUT2D eigenvalue weighted by atomic mass is 16.5. The van der Waals surface area contributed by atoms with Gasteiger partial charge in [0, 0.05) is 17.8 Å². The van der Waals surface area contributed by atoms with Crippen LogP contribution in [0, 0.1) is 11.8 Å². The molecular formula is C17H23N5O2. The fraction of sp³-hybridized carbons (Fsp3) is 0.471. The Hall–Kier alpha value is -2.57. The number of hydrogen-bond acceptors (Lipinski definition) is 6. The van der Waals surface area contributed by atoms with Gasteiger partial charge in [-0.05, 0) is 43.7 Å². The van der Waals surface area contributed by atoms with E-state index in [9.17, 15) is 4.79 Å². The van der Waals surface area contributed by atoms with Crippen molar-refractivity contribution in [3.05, 3.63) is 18.2 Å². The van der Waals surface area contributed by atoms with Gasteiger partial charge in [-0.2, -0.15) is 4.98 Å². The van der Waals surface area contributed by atoms with Gasteiger partial charge >= 0.3 is 0 Å². The van der Waals surface area contributed by atoms with Crippen LogP contribution in [0.25, 0.3) is 10.9 Å². The molecule has 3 rings (SSSR count). The number of aromatic nitrogens is 2. The number of carbonyl (C=O) groups is 1. The number of hydrogen-bond donors (Lipinski definition) is 3. The number of nitrogen functional groups attached to an aromatic ring is 1. The minimum Gasteiger partial charge on any atom is -0.494 e. The monoisotopic (exact) mass is 329 g/mol. The Bertz CT molecular complexity index is 741. The first-order chi connectivity index (χ1) is 11.6. The molecule has 1 aromatic heterocycles. The molecule has 0 spiro atoms. The number of methoxy groups -OCH3 is 1. The summed E-state index contributed by atoms with van der Waals surface area (Å²) in [5.74, 6) is 1.93. The van der Waals surface area contributed by atoms with E-state index in [4.69, 9.17) is 16.2 Å². The number of fused-ring (bicyclic) bond motifs is 1. The number of para-hydroxylation sites is 1. The smallest absolute Gasteiger partial charge is 0.225 e. The lowest BCUT2D eigenvalue weighted by atomic mass is 9.82. The molecule has 0 atom stereocenters. The van der Waals surface area contributed by atoms with Crippen molar-refractivity contribution in [2.45, 2.75) is 25.7 Å². The summed E-state index contributed by atoms with van der Waals surface area (Å²) in [7, 11) is 1.61. The fourth-order valence-electron chi connectivity index (χ4n) is 3.28. The maximum Gasteiger partial charge on any atom is 0.225 e. The number of ether oxygens (including phenoxy) is 1. The maximum atomic E-state index is 11.2. The molecule has 0 radical (unpaired) electrons. The number of rotatable bonds is 5. The molecule has 0 aliphatic heterocycles. The van der Waals surface area contributed by atoms with Crippen LogP contribution < -0.4 is 21.5 Å². The highest BCUT2D eigenvalue weighted by Gasteiger charge is 2.24. The van der Waals surface area contributed by atoms with Gasteiger partial charge in [0.25, 0.3) is 0 Å². The molecule has 1 amide bonds. The van der Waals surface area contributed by atoms with E-state index in [0.29, 0.717) is 29.0 Å². The molecule has 1 saturated carbocycles. The van der Waals surface area contributed by atoms with Gasteiger partial charge in [0.05, 0.1) is 7.11 Å². The number of amides is 1. The highest BCUT2D eigenvalue weighted by molar-refractivity contribution is 5.93. The first-order valence-electron chi connectivity index (χ1n) is 8.22. The fourth-order valence-corrected chi connectivity index (χ4v) is 3.28. The number of anilines is 2.